The molecular formula is C18H36IN5O. The second-order valence-corrected chi connectivity index (χ2v) is 8.04. The fourth-order valence-electron chi connectivity index (χ4n) is 3.73. The van der Waals surface area contributed by atoms with Gasteiger partial charge in [-0.1, -0.05) is 13.8 Å². The minimum absolute atomic E-state index is 0. The number of likely N-dealkylation sites (tertiary alicyclic amines) is 2. The van der Waals surface area contributed by atoms with Crippen molar-refractivity contribution < 1.29 is 4.79 Å². The third kappa shape index (κ3) is 7.29. The molecule has 0 aromatic heterocycles. The van der Waals surface area contributed by atoms with Crippen molar-refractivity contribution in [2.24, 2.45) is 22.1 Å². The summed E-state index contributed by atoms with van der Waals surface area (Å²) in [4.78, 5) is 20.4. The van der Waals surface area contributed by atoms with Crippen LogP contribution in [0.15, 0.2) is 4.99 Å². The lowest BCUT2D eigenvalue weighted by Gasteiger charge is -2.30. The van der Waals surface area contributed by atoms with E-state index < -0.39 is 0 Å². The number of nitrogens with zero attached hydrogens (tertiary/aromatic N) is 3. The number of carbonyl (C=O) groups excluding carboxylic acids is 1. The summed E-state index contributed by atoms with van der Waals surface area (Å²) >= 11 is 0. The molecule has 0 bridgehead atoms. The first-order valence-corrected chi connectivity index (χ1v) is 9.38. The van der Waals surface area contributed by atoms with E-state index in [0.717, 1.165) is 64.5 Å². The maximum Gasteiger partial charge on any atom is 0.220 e. The third-order valence-electron chi connectivity index (χ3n) is 5.36. The van der Waals surface area contributed by atoms with Gasteiger partial charge in [-0.25, -0.2) is 0 Å². The van der Waals surface area contributed by atoms with Crippen molar-refractivity contribution in [2.75, 3.05) is 46.3 Å². The molecule has 0 aromatic rings. The van der Waals surface area contributed by atoms with E-state index in [9.17, 15) is 4.79 Å². The topological polar surface area (TPSA) is 74.0 Å². The number of halogens is 1. The fraction of sp³-hybridized carbons (Fsp3) is 0.889. The Morgan fingerprint density at radius 3 is 2.44 bits per heavy atom. The zero-order valence-electron chi connectivity index (χ0n) is 16.1. The molecule has 2 saturated heterocycles. The lowest BCUT2D eigenvalue weighted by atomic mass is 9.93. The SMILES string of the molecule is CN=C(NCCCCN1CCC(C(N)=O)CC1)N1CCC(C)(C)C1.I. The van der Waals surface area contributed by atoms with Crippen LogP contribution < -0.4 is 11.1 Å². The average Bonchev–Trinajstić information content (AvgIpc) is 2.91. The molecule has 2 aliphatic heterocycles. The smallest absolute Gasteiger partial charge is 0.220 e. The Kier molecular flexibility index (Phi) is 9.48. The van der Waals surface area contributed by atoms with Crippen molar-refractivity contribution >= 4 is 35.8 Å². The predicted molar refractivity (Wildman–Crippen MR) is 114 cm³/mol. The number of guanidine groups is 1. The average molecular weight is 465 g/mol. The molecule has 0 radical (unpaired) electrons. The van der Waals surface area contributed by atoms with Gasteiger partial charge in [-0.15, -0.1) is 24.0 Å². The van der Waals surface area contributed by atoms with Gasteiger partial charge in [-0.05, 0) is 57.2 Å². The molecule has 0 unspecified atom stereocenters. The quantitative estimate of drug-likeness (QED) is 0.272. The minimum Gasteiger partial charge on any atom is -0.369 e. The highest BCUT2D eigenvalue weighted by molar-refractivity contribution is 14.0. The van der Waals surface area contributed by atoms with Gasteiger partial charge in [0.2, 0.25) is 5.91 Å². The summed E-state index contributed by atoms with van der Waals surface area (Å²) in [6.45, 7) is 10.9. The van der Waals surface area contributed by atoms with Crippen LogP contribution in [0, 0.1) is 11.3 Å². The number of rotatable bonds is 6. The fourth-order valence-corrected chi connectivity index (χ4v) is 3.73. The summed E-state index contributed by atoms with van der Waals surface area (Å²) in [6, 6.07) is 0. The number of unbranched alkanes of at least 4 members (excludes halogenated alkanes) is 1. The van der Waals surface area contributed by atoms with Crippen molar-refractivity contribution in [2.45, 2.75) is 46.0 Å². The van der Waals surface area contributed by atoms with Crippen LogP contribution in [-0.2, 0) is 4.79 Å². The van der Waals surface area contributed by atoms with Gasteiger partial charge < -0.3 is 20.9 Å². The van der Waals surface area contributed by atoms with Gasteiger partial charge in [0.05, 0.1) is 0 Å². The molecule has 0 aromatic carbocycles. The third-order valence-corrected chi connectivity index (χ3v) is 5.36. The van der Waals surface area contributed by atoms with Gasteiger partial charge in [0.15, 0.2) is 5.96 Å². The maximum atomic E-state index is 11.2. The second-order valence-electron chi connectivity index (χ2n) is 8.04. The van der Waals surface area contributed by atoms with E-state index in [-0.39, 0.29) is 35.8 Å². The molecule has 0 aliphatic carbocycles. The molecule has 146 valence electrons. The highest BCUT2D eigenvalue weighted by Gasteiger charge is 2.30. The first kappa shape index (κ1) is 22.5. The molecule has 0 saturated carbocycles. The largest absolute Gasteiger partial charge is 0.369 e. The summed E-state index contributed by atoms with van der Waals surface area (Å²) in [6.07, 6.45) is 5.40. The Morgan fingerprint density at radius 2 is 1.92 bits per heavy atom. The van der Waals surface area contributed by atoms with Gasteiger partial charge in [-0.3, -0.25) is 9.79 Å². The number of hydrogen-bond donors (Lipinski definition) is 2. The monoisotopic (exact) mass is 465 g/mol. The summed E-state index contributed by atoms with van der Waals surface area (Å²) in [5.41, 5.74) is 5.78. The number of piperidine rings is 1. The van der Waals surface area contributed by atoms with Crippen LogP contribution >= 0.6 is 24.0 Å². The van der Waals surface area contributed by atoms with Crippen molar-refractivity contribution in [1.29, 1.82) is 0 Å². The number of hydrogen-bond acceptors (Lipinski definition) is 3. The minimum atomic E-state index is -0.129. The van der Waals surface area contributed by atoms with Gasteiger partial charge >= 0.3 is 0 Å². The van der Waals surface area contributed by atoms with E-state index in [0.29, 0.717) is 5.41 Å². The number of nitrogens with two attached hydrogens (primary N) is 1. The Balaban J connectivity index is 0.00000312. The van der Waals surface area contributed by atoms with E-state index in [4.69, 9.17) is 5.73 Å². The van der Waals surface area contributed by atoms with Crippen LogP contribution in [0.2, 0.25) is 0 Å². The summed E-state index contributed by atoms with van der Waals surface area (Å²) in [5, 5.41) is 3.51. The first-order chi connectivity index (χ1) is 11.4. The maximum absolute atomic E-state index is 11.2. The molecule has 25 heavy (non-hydrogen) atoms. The zero-order valence-corrected chi connectivity index (χ0v) is 18.4. The van der Waals surface area contributed by atoms with Crippen LogP contribution in [0.4, 0.5) is 0 Å². The van der Waals surface area contributed by atoms with Gasteiger partial charge in [0, 0.05) is 32.6 Å². The highest BCUT2D eigenvalue weighted by Crippen LogP contribution is 2.28. The number of carbonyl (C=O) groups is 1. The summed E-state index contributed by atoms with van der Waals surface area (Å²) < 4.78 is 0. The van der Waals surface area contributed by atoms with E-state index in [2.05, 4.69) is 34.0 Å². The molecule has 1 amide bonds. The van der Waals surface area contributed by atoms with Crippen LogP contribution in [0.3, 0.4) is 0 Å². The Bertz CT molecular complexity index is 447. The number of nitrogens with one attached hydrogen (secondary N) is 1. The van der Waals surface area contributed by atoms with Crippen LogP contribution in [0.5, 0.6) is 0 Å². The van der Waals surface area contributed by atoms with Gasteiger partial charge in [0.1, 0.15) is 0 Å². The highest BCUT2D eigenvalue weighted by atomic mass is 127. The Labute approximate surface area is 170 Å². The Hall–Kier alpha value is -0.570. The number of primary amides is 1. The first-order valence-electron chi connectivity index (χ1n) is 9.38. The van der Waals surface area contributed by atoms with Crippen molar-refractivity contribution in [3.05, 3.63) is 0 Å². The predicted octanol–water partition coefficient (Wildman–Crippen LogP) is 1.89. The zero-order chi connectivity index (χ0) is 17.6. The Morgan fingerprint density at radius 1 is 1.24 bits per heavy atom. The van der Waals surface area contributed by atoms with Crippen LogP contribution in [0.1, 0.15) is 46.0 Å². The number of aliphatic imine (C=N–C) groups is 1. The molecule has 2 heterocycles. The van der Waals surface area contributed by atoms with E-state index in [1.54, 1.807) is 0 Å². The molecular weight excluding hydrogens is 429 g/mol. The molecule has 6 nitrogen and oxygen atoms in total. The molecule has 2 aliphatic rings. The standard InChI is InChI=1S/C18H35N5O.HI/c1-18(2)8-13-23(14-18)17(20-3)21-9-4-5-10-22-11-6-15(7-12-22)16(19)24;/h15H,4-14H2,1-3H3,(H2,19,24)(H,20,21);1H. The van der Waals surface area contributed by atoms with E-state index >= 15 is 0 Å². The summed E-state index contributed by atoms with van der Waals surface area (Å²) in [5.74, 6) is 1.01. The van der Waals surface area contributed by atoms with Gasteiger partial charge in [0.25, 0.3) is 0 Å². The molecule has 0 atom stereocenters. The van der Waals surface area contributed by atoms with Crippen molar-refractivity contribution in [3.8, 4) is 0 Å². The summed E-state index contributed by atoms with van der Waals surface area (Å²) in [7, 11) is 1.87. The molecule has 7 heteroatoms. The lowest BCUT2D eigenvalue weighted by molar-refractivity contribution is -0.123. The molecule has 0 spiro atoms. The van der Waals surface area contributed by atoms with Crippen LogP contribution in [0.25, 0.3) is 0 Å². The van der Waals surface area contributed by atoms with Crippen LogP contribution in [-0.4, -0.2) is 68.0 Å². The normalized spacial score (nSPS) is 21.9. The van der Waals surface area contributed by atoms with E-state index in [1.807, 2.05) is 7.05 Å². The van der Waals surface area contributed by atoms with Gasteiger partial charge in [-0.2, -0.15) is 0 Å². The molecule has 2 fully saturated rings. The van der Waals surface area contributed by atoms with Crippen molar-refractivity contribution in [3.63, 3.8) is 0 Å². The molecule has 3 N–H and O–H groups in total. The number of amides is 1. The molecule has 2 rings (SSSR count). The van der Waals surface area contributed by atoms with E-state index in [1.165, 1.54) is 12.8 Å². The van der Waals surface area contributed by atoms with Crippen molar-refractivity contribution in [1.82, 2.24) is 15.1 Å². The lowest BCUT2D eigenvalue weighted by Crippen LogP contribution is -2.41. The second kappa shape index (κ2) is 10.5.